The van der Waals surface area contributed by atoms with Gasteiger partial charge in [-0.2, -0.15) is 4.98 Å². The zero-order chi connectivity index (χ0) is 13.7. The van der Waals surface area contributed by atoms with Gasteiger partial charge in [0.2, 0.25) is 11.8 Å². The number of carboxylic acids is 1. The topological polar surface area (TPSA) is 84.3 Å². The second-order valence-corrected chi connectivity index (χ2v) is 4.75. The highest BCUT2D eigenvalue weighted by Gasteiger charge is 2.24. The van der Waals surface area contributed by atoms with Gasteiger partial charge >= 0.3 is 5.97 Å². The lowest BCUT2D eigenvalue weighted by molar-refractivity contribution is -0.139. The minimum atomic E-state index is -0.921. The Morgan fingerprint density at radius 1 is 1.67 bits per heavy atom. The van der Waals surface area contributed by atoms with Gasteiger partial charge in [0.25, 0.3) is 0 Å². The van der Waals surface area contributed by atoms with Crippen molar-refractivity contribution in [2.75, 3.05) is 12.4 Å². The van der Waals surface area contributed by atoms with Gasteiger partial charge in [0.05, 0.1) is 17.8 Å². The Morgan fingerprint density at radius 3 is 2.83 bits per heavy atom. The molecule has 1 heterocycles. The van der Waals surface area contributed by atoms with Gasteiger partial charge in [-0.15, -0.1) is 0 Å². The van der Waals surface area contributed by atoms with E-state index in [4.69, 9.17) is 9.84 Å². The number of nitrogens with zero attached hydrogens (tertiary/aromatic N) is 2. The van der Waals surface area contributed by atoms with Crippen molar-refractivity contribution in [1.82, 2.24) is 9.97 Å². The number of rotatable bonds is 6. The zero-order valence-electron chi connectivity index (χ0n) is 10.5. The number of halogens is 1. The molecule has 0 radical (unpaired) electrons. The largest absolute Gasteiger partial charge is 0.480 e. The van der Waals surface area contributed by atoms with Gasteiger partial charge in [0, 0.05) is 0 Å². The van der Waals surface area contributed by atoms with Crippen LogP contribution in [0.1, 0.15) is 20.3 Å². The molecule has 100 valence electrons. The van der Waals surface area contributed by atoms with Gasteiger partial charge in [0.1, 0.15) is 6.04 Å². The van der Waals surface area contributed by atoms with Crippen LogP contribution >= 0.6 is 15.9 Å². The molecule has 0 aliphatic heterocycles. The standard InChI is InChI=1S/C11H16BrN3O3/c1-4-6(2)8(10(16)17)14-11-13-5-7(12)9(15-11)18-3/h5-6,8H,4H2,1-3H3,(H,16,17)(H,13,14,15)/t6-,8-/m0/s1. The number of aromatic nitrogens is 2. The molecule has 7 heteroatoms. The Kier molecular flexibility index (Phi) is 5.33. The summed E-state index contributed by atoms with van der Waals surface area (Å²) < 4.78 is 5.65. The van der Waals surface area contributed by atoms with Crippen LogP contribution in [0.15, 0.2) is 10.7 Å². The van der Waals surface area contributed by atoms with Crippen LogP contribution in [0.5, 0.6) is 5.88 Å². The number of ether oxygens (including phenoxy) is 1. The van der Waals surface area contributed by atoms with E-state index in [0.717, 1.165) is 6.42 Å². The summed E-state index contributed by atoms with van der Waals surface area (Å²) in [5, 5.41) is 12.0. The maximum Gasteiger partial charge on any atom is 0.326 e. The first-order valence-corrected chi connectivity index (χ1v) is 6.34. The number of methoxy groups -OCH3 is 1. The molecule has 0 aliphatic rings. The van der Waals surface area contributed by atoms with Gasteiger partial charge in [-0.1, -0.05) is 20.3 Å². The molecule has 1 aromatic rings. The van der Waals surface area contributed by atoms with E-state index in [1.54, 1.807) is 0 Å². The third-order valence-electron chi connectivity index (χ3n) is 2.67. The van der Waals surface area contributed by atoms with Crippen molar-refractivity contribution in [2.24, 2.45) is 5.92 Å². The summed E-state index contributed by atoms with van der Waals surface area (Å²) in [6, 6.07) is -0.721. The molecule has 18 heavy (non-hydrogen) atoms. The van der Waals surface area contributed by atoms with Gasteiger partial charge in [-0.3, -0.25) is 0 Å². The van der Waals surface area contributed by atoms with Crippen LogP contribution in [0.2, 0.25) is 0 Å². The molecule has 2 N–H and O–H groups in total. The van der Waals surface area contributed by atoms with Crippen molar-refractivity contribution in [3.8, 4) is 5.88 Å². The fraction of sp³-hybridized carbons (Fsp3) is 0.545. The third kappa shape index (κ3) is 3.56. The lowest BCUT2D eigenvalue weighted by Crippen LogP contribution is -2.36. The summed E-state index contributed by atoms with van der Waals surface area (Å²) in [5.74, 6) is -0.348. The fourth-order valence-corrected chi connectivity index (χ4v) is 1.74. The predicted octanol–water partition coefficient (Wildman–Crippen LogP) is 2.16. The molecule has 0 saturated heterocycles. The molecule has 6 nitrogen and oxygen atoms in total. The molecular weight excluding hydrogens is 302 g/mol. The van der Waals surface area contributed by atoms with Crippen molar-refractivity contribution in [3.05, 3.63) is 10.7 Å². The number of hydrogen-bond acceptors (Lipinski definition) is 5. The van der Waals surface area contributed by atoms with Crippen molar-refractivity contribution in [3.63, 3.8) is 0 Å². The highest BCUT2D eigenvalue weighted by Crippen LogP contribution is 2.22. The van der Waals surface area contributed by atoms with Crippen molar-refractivity contribution in [1.29, 1.82) is 0 Å². The number of anilines is 1. The summed E-state index contributed by atoms with van der Waals surface area (Å²) in [4.78, 5) is 19.3. The first kappa shape index (κ1) is 14.7. The Hall–Kier alpha value is -1.37. The minimum absolute atomic E-state index is 0.0271. The number of carbonyl (C=O) groups is 1. The van der Waals surface area contributed by atoms with Crippen LogP contribution in [0.25, 0.3) is 0 Å². The smallest absolute Gasteiger partial charge is 0.326 e. The maximum atomic E-state index is 11.2. The summed E-state index contributed by atoms with van der Waals surface area (Å²) in [6.45, 7) is 3.80. The van der Waals surface area contributed by atoms with Crippen LogP contribution < -0.4 is 10.1 Å². The molecule has 0 aliphatic carbocycles. The van der Waals surface area contributed by atoms with E-state index < -0.39 is 12.0 Å². The molecule has 2 atom stereocenters. The Morgan fingerprint density at radius 2 is 2.33 bits per heavy atom. The molecule has 0 fully saturated rings. The van der Waals surface area contributed by atoms with Crippen molar-refractivity contribution in [2.45, 2.75) is 26.3 Å². The molecule has 0 bridgehead atoms. The maximum absolute atomic E-state index is 11.2. The predicted molar refractivity (Wildman–Crippen MR) is 70.8 cm³/mol. The average molecular weight is 318 g/mol. The van der Waals surface area contributed by atoms with Crippen molar-refractivity contribution < 1.29 is 14.6 Å². The molecule has 0 spiro atoms. The van der Waals surface area contributed by atoms with Crippen LogP contribution in [0, 0.1) is 5.92 Å². The van der Waals surface area contributed by atoms with E-state index in [2.05, 4.69) is 31.2 Å². The van der Waals surface area contributed by atoms with Crippen LogP contribution in [-0.2, 0) is 4.79 Å². The van der Waals surface area contributed by atoms with E-state index in [9.17, 15) is 4.79 Å². The van der Waals surface area contributed by atoms with Crippen LogP contribution in [0.3, 0.4) is 0 Å². The van der Waals surface area contributed by atoms with Crippen molar-refractivity contribution >= 4 is 27.8 Å². The molecule has 1 aromatic heterocycles. The van der Waals surface area contributed by atoms with Crippen LogP contribution in [0.4, 0.5) is 5.95 Å². The van der Waals surface area contributed by atoms with Gasteiger partial charge in [-0.25, -0.2) is 9.78 Å². The van der Waals surface area contributed by atoms with E-state index >= 15 is 0 Å². The molecule has 0 unspecified atom stereocenters. The number of nitrogens with one attached hydrogen (secondary N) is 1. The second kappa shape index (κ2) is 6.53. The summed E-state index contributed by atoms with van der Waals surface area (Å²) in [5.41, 5.74) is 0. The SMILES string of the molecule is CC[C@H](C)[C@H](Nc1ncc(Br)c(OC)n1)C(=O)O. The lowest BCUT2D eigenvalue weighted by Gasteiger charge is -2.20. The molecule has 0 amide bonds. The first-order valence-electron chi connectivity index (χ1n) is 5.55. The van der Waals surface area contributed by atoms with E-state index in [1.807, 2.05) is 13.8 Å². The molecule has 1 rings (SSSR count). The van der Waals surface area contributed by atoms with E-state index in [-0.39, 0.29) is 11.9 Å². The number of carboxylic acid groups (broad SMARTS) is 1. The monoisotopic (exact) mass is 317 g/mol. The second-order valence-electron chi connectivity index (χ2n) is 3.90. The summed E-state index contributed by atoms with van der Waals surface area (Å²) in [6.07, 6.45) is 2.27. The highest BCUT2D eigenvalue weighted by molar-refractivity contribution is 9.10. The highest BCUT2D eigenvalue weighted by atomic mass is 79.9. The third-order valence-corrected chi connectivity index (χ3v) is 3.21. The van der Waals surface area contributed by atoms with Gasteiger partial charge in [0.15, 0.2) is 0 Å². The van der Waals surface area contributed by atoms with Gasteiger partial charge < -0.3 is 15.2 Å². The lowest BCUT2D eigenvalue weighted by atomic mass is 9.99. The fourth-order valence-electron chi connectivity index (χ4n) is 1.39. The number of hydrogen-bond donors (Lipinski definition) is 2. The van der Waals surface area contributed by atoms with E-state index in [0.29, 0.717) is 10.4 Å². The molecule has 0 saturated carbocycles. The Balaban J connectivity index is 2.90. The first-order chi connectivity index (χ1) is 8.49. The zero-order valence-corrected chi connectivity index (χ0v) is 12.1. The minimum Gasteiger partial charge on any atom is -0.480 e. The average Bonchev–Trinajstić information content (AvgIpc) is 2.36. The number of aliphatic carboxylic acids is 1. The van der Waals surface area contributed by atoms with Gasteiger partial charge in [-0.05, 0) is 21.8 Å². The summed E-state index contributed by atoms with van der Waals surface area (Å²) >= 11 is 3.23. The van der Waals surface area contributed by atoms with Crippen LogP contribution in [-0.4, -0.2) is 34.2 Å². The molecule has 0 aromatic carbocycles. The normalized spacial score (nSPS) is 13.8. The molecular formula is C11H16BrN3O3. The van der Waals surface area contributed by atoms with E-state index in [1.165, 1.54) is 13.3 Å². The summed E-state index contributed by atoms with van der Waals surface area (Å²) in [7, 11) is 1.49. The Labute approximate surface area is 114 Å². The quantitative estimate of drug-likeness (QED) is 0.836. The Bertz CT molecular complexity index is 428.